The van der Waals surface area contributed by atoms with Gasteiger partial charge in [-0.25, -0.2) is 0 Å². The van der Waals surface area contributed by atoms with Crippen molar-refractivity contribution >= 4 is 33.2 Å². The van der Waals surface area contributed by atoms with Gasteiger partial charge in [0.1, 0.15) is 0 Å². The minimum atomic E-state index is -0.0110. The third-order valence-corrected chi connectivity index (χ3v) is 5.23. The summed E-state index contributed by atoms with van der Waals surface area (Å²) in [6, 6.07) is 2.69. The van der Waals surface area contributed by atoms with Gasteiger partial charge in [-0.1, -0.05) is 0 Å². The van der Waals surface area contributed by atoms with E-state index in [1.165, 1.54) is 4.88 Å². The largest absolute Gasteiger partial charge is 0.466 e. The Morgan fingerprint density at radius 3 is 2.79 bits per heavy atom. The maximum atomic E-state index is 11.6. The van der Waals surface area contributed by atoms with E-state index in [1.54, 1.807) is 11.3 Å². The number of carbonyl (C=O) groups excluding carboxylic acids is 1. The van der Waals surface area contributed by atoms with Crippen molar-refractivity contribution in [3.63, 3.8) is 0 Å². The lowest BCUT2D eigenvalue weighted by Crippen LogP contribution is -2.34. The van der Waals surface area contributed by atoms with Crippen LogP contribution in [-0.4, -0.2) is 18.6 Å². The number of hydrogen-bond donors (Lipinski definition) is 1. The zero-order valence-corrected chi connectivity index (χ0v) is 13.6. The molecular formula is C14H20BrNO2S. The van der Waals surface area contributed by atoms with Crippen molar-refractivity contribution in [1.82, 2.24) is 5.32 Å². The number of carbonyl (C=O) groups is 1. The Kier molecular flexibility index (Phi) is 5.85. The fourth-order valence-corrected chi connectivity index (χ4v) is 3.89. The maximum absolute atomic E-state index is 11.6. The Morgan fingerprint density at radius 2 is 2.21 bits per heavy atom. The van der Waals surface area contributed by atoms with Crippen LogP contribution in [0, 0.1) is 5.92 Å². The van der Waals surface area contributed by atoms with E-state index in [0.29, 0.717) is 12.6 Å². The molecule has 106 valence electrons. The molecule has 2 rings (SSSR count). The van der Waals surface area contributed by atoms with Crippen molar-refractivity contribution in [3.8, 4) is 0 Å². The van der Waals surface area contributed by atoms with Crippen LogP contribution in [0.3, 0.4) is 0 Å². The van der Waals surface area contributed by atoms with E-state index in [1.807, 2.05) is 6.92 Å². The van der Waals surface area contributed by atoms with Crippen LogP contribution in [0.15, 0.2) is 15.9 Å². The SMILES string of the molecule is CCOC(=O)C1CCC(NCc2cc(Br)cs2)CC1. The minimum Gasteiger partial charge on any atom is -0.466 e. The molecule has 19 heavy (non-hydrogen) atoms. The highest BCUT2D eigenvalue weighted by Gasteiger charge is 2.26. The molecule has 1 aromatic heterocycles. The molecule has 0 aliphatic heterocycles. The van der Waals surface area contributed by atoms with E-state index in [4.69, 9.17) is 4.74 Å². The van der Waals surface area contributed by atoms with E-state index >= 15 is 0 Å². The van der Waals surface area contributed by atoms with Crippen molar-refractivity contribution in [3.05, 3.63) is 20.8 Å². The molecule has 3 nitrogen and oxygen atoms in total. The highest BCUT2D eigenvalue weighted by molar-refractivity contribution is 9.10. The molecule has 1 aliphatic carbocycles. The molecule has 0 saturated heterocycles. The van der Waals surface area contributed by atoms with Gasteiger partial charge in [0.2, 0.25) is 0 Å². The van der Waals surface area contributed by atoms with Crippen molar-refractivity contribution in [2.75, 3.05) is 6.61 Å². The van der Waals surface area contributed by atoms with E-state index in [0.717, 1.165) is 36.7 Å². The van der Waals surface area contributed by atoms with Crippen molar-refractivity contribution in [2.45, 2.75) is 45.2 Å². The van der Waals surface area contributed by atoms with Gasteiger partial charge in [-0.05, 0) is 54.6 Å². The van der Waals surface area contributed by atoms with E-state index in [-0.39, 0.29) is 11.9 Å². The highest BCUT2D eigenvalue weighted by Crippen LogP contribution is 2.26. The number of esters is 1. The Morgan fingerprint density at radius 1 is 1.47 bits per heavy atom. The predicted octanol–water partition coefficient (Wildman–Crippen LogP) is 3.72. The Hall–Kier alpha value is -0.390. The Labute approximate surface area is 126 Å². The van der Waals surface area contributed by atoms with Gasteiger partial charge in [-0.3, -0.25) is 4.79 Å². The third-order valence-electron chi connectivity index (χ3n) is 3.53. The smallest absolute Gasteiger partial charge is 0.308 e. The predicted molar refractivity (Wildman–Crippen MR) is 81.2 cm³/mol. The van der Waals surface area contributed by atoms with Crippen molar-refractivity contribution in [2.24, 2.45) is 5.92 Å². The van der Waals surface area contributed by atoms with Crippen molar-refractivity contribution in [1.29, 1.82) is 0 Å². The molecular weight excluding hydrogens is 326 g/mol. The van der Waals surface area contributed by atoms with Crippen LogP contribution in [0.4, 0.5) is 0 Å². The van der Waals surface area contributed by atoms with Gasteiger partial charge in [-0.2, -0.15) is 0 Å². The topological polar surface area (TPSA) is 38.3 Å². The summed E-state index contributed by atoms with van der Waals surface area (Å²) in [6.45, 7) is 3.28. The summed E-state index contributed by atoms with van der Waals surface area (Å²) in [5.41, 5.74) is 0. The quantitative estimate of drug-likeness (QED) is 0.826. The minimum absolute atomic E-state index is 0.0110. The Balaban J connectivity index is 1.70. The summed E-state index contributed by atoms with van der Waals surface area (Å²) in [5, 5.41) is 5.69. The zero-order valence-electron chi connectivity index (χ0n) is 11.2. The molecule has 0 atom stereocenters. The van der Waals surface area contributed by atoms with Crippen LogP contribution in [-0.2, 0) is 16.1 Å². The first-order valence-electron chi connectivity index (χ1n) is 6.82. The van der Waals surface area contributed by atoms with Gasteiger partial charge in [0.25, 0.3) is 0 Å². The number of rotatable bonds is 5. The lowest BCUT2D eigenvalue weighted by molar-refractivity contribution is -0.149. The van der Waals surface area contributed by atoms with Crippen LogP contribution in [0.2, 0.25) is 0 Å². The summed E-state index contributed by atoms with van der Waals surface area (Å²) >= 11 is 5.23. The molecule has 0 radical (unpaired) electrons. The maximum Gasteiger partial charge on any atom is 0.308 e. The molecule has 1 heterocycles. The van der Waals surface area contributed by atoms with Crippen molar-refractivity contribution < 1.29 is 9.53 Å². The molecule has 1 N–H and O–H groups in total. The highest BCUT2D eigenvalue weighted by atomic mass is 79.9. The second-order valence-corrected chi connectivity index (χ2v) is 6.82. The first kappa shape index (κ1) is 15.0. The molecule has 1 aromatic rings. The summed E-state index contributed by atoms with van der Waals surface area (Å²) < 4.78 is 6.24. The van der Waals surface area contributed by atoms with Gasteiger partial charge >= 0.3 is 5.97 Å². The molecule has 0 amide bonds. The van der Waals surface area contributed by atoms with Crippen LogP contribution in [0.25, 0.3) is 0 Å². The first-order chi connectivity index (χ1) is 9.19. The molecule has 0 aromatic carbocycles. The summed E-state index contributed by atoms with van der Waals surface area (Å²) in [4.78, 5) is 13.0. The van der Waals surface area contributed by atoms with E-state index in [9.17, 15) is 4.79 Å². The van der Waals surface area contributed by atoms with Gasteiger partial charge in [0.15, 0.2) is 0 Å². The van der Waals surface area contributed by atoms with Gasteiger partial charge in [0, 0.05) is 27.3 Å². The molecule has 5 heteroatoms. The normalized spacial score (nSPS) is 23.3. The number of thiophene rings is 1. The average Bonchev–Trinajstić information content (AvgIpc) is 2.83. The van der Waals surface area contributed by atoms with Crippen LogP contribution >= 0.6 is 27.3 Å². The molecule has 0 spiro atoms. The fraction of sp³-hybridized carbons (Fsp3) is 0.643. The molecule has 0 unspecified atom stereocenters. The van der Waals surface area contributed by atoms with Gasteiger partial charge < -0.3 is 10.1 Å². The fourth-order valence-electron chi connectivity index (χ4n) is 2.48. The summed E-state index contributed by atoms with van der Waals surface area (Å²) in [7, 11) is 0. The molecule has 0 bridgehead atoms. The van der Waals surface area contributed by atoms with Gasteiger partial charge in [-0.15, -0.1) is 11.3 Å². The molecule has 1 fully saturated rings. The standard InChI is InChI=1S/C14H20BrNO2S/c1-2-18-14(17)10-3-5-12(6-4-10)16-8-13-7-11(15)9-19-13/h7,9-10,12,16H,2-6,8H2,1H3. The lowest BCUT2D eigenvalue weighted by atomic mass is 9.86. The van der Waals surface area contributed by atoms with E-state index in [2.05, 4.69) is 32.7 Å². The number of halogens is 1. The average molecular weight is 346 g/mol. The number of ether oxygens (including phenoxy) is 1. The second-order valence-electron chi connectivity index (χ2n) is 4.91. The number of nitrogens with one attached hydrogen (secondary N) is 1. The van der Waals surface area contributed by atoms with Crippen LogP contribution in [0.5, 0.6) is 0 Å². The summed E-state index contributed by atoms with van der Waals surface area (Å²) in [6.07, 6.45) is 4.03. The lowest BCUT2D eigenvalue weighted by Gasteiger charge is -2.27. The number of hydrogen-bond acceptors (Lipinski definition) is 4. The van der Waals surface area contributed by atoms with E-state index < -0.39 is 0 Å². The second kappa shape index (κ2) is 7.41. The summed E-state index contributed by atoms with van der Waals surface area (Å²) in [5.74, 6) is 0.108. The monoisotopic (exact) mass is 345 g/mol. The molecule has 1 saturated carbocycles. The first-order valence-corrected chi connectivity index (χ1v) is 8.49. The third kappa shape index (κ3) is 4.58. The van der Waals surface area contributed by atoms with Gasteiger partial charge in [0.05, 0.1) is 12.5 Å². The molecule has 1 aliphatic rings. The zero-order chi connectivity index (χ0) is 13.7. The van der Waals surface area contributed by atoms with Crippen LogP contribution < -0.4 is 5.32 Å². The van der Waals surface area contributed by atoms with Crippen LogP contribution in [0.1, 0.15) is 37.5 Å². The Bertz CT molecular complexity index is 413.